The fourth-order valence-corrected chi connectivity index (χ4v) is 2.12. The van der Waals surface area contributed by atoms with Gasteiger partial charge in [0.2, 0.25) is 5.82 Å². The molecule has 9 heteroatoms. The number of carbonyl (C=O) groups excluding carboxylic acids is 1. The molecule has 2 aromatic heterocycles. The summed E-state index contributed by atoms with van der Waals surface area (Å²) >= 11 is 0. The molecule has 0 radical (unpaired) electrons. The van der Waals surface area contributed by atoms with Crippen LogP contribution in [0.5, 0.6) is 0 Å². The molecule has 0 bridgehead atoms. The maximum Gasteiger partial charge on any atom is 0.343 e. The minimum atomic E-state index is -0.422. The van der Waals surface area contributed by atoms with Crippen molar-refractivity contribution in [2.75, 3.05) is 18.4 Å². The van der Waals surface area contributed by atoms with Gasteiger partial charge in [-0.2, -0.15) is 0 Å². The number of aromatic amines is 1. The first-order valence-electron chi connectivity index (χ1n) is 7.99. The van der Waals surface area contributed by atoms with Crippen molar-refractivity contribution in [1.29, 1.82) is 0 Å². The highest BCUT2D eigenvalue weighted by Crippen LogP contribution is 2.08. The lowest BCUT2D eigenvalue weighted by molar-refractivity contribution is 0.0944. The zero-order chi connectivity index (χ0) is 17.5. The summed E-state index contributed by atoms with van der Waals surface area (Å²) in [6, 6.07) is 1.87. The Morgan fingerprint density at radius 3 is 2.79 bits per heavy atom. The average molecular weight is 333 g/mol. The smallest absolute Gasteiger partial charge is 0.343 e. The molecule has 0 fully saturated rings. The molecule has 0 aliphatic heterocycles. The Bertz CT molecular complexity index is 751. The highest BCUT2D eigenvalue weighted by molar-refractivity contribution is 5.90. The highest BCUT2D eigenvalue weighted by Gasteiger charge is 2.10. The topological polar surface area (TPSA) is 118 Å². The maximum atomic E-state index is 11.8. The molecule has 0 saturated heterocycles. The first-order valence-corrected chi connectivity index (χ1v) is 7.99. The van der Waals surface area contributed by atoms with Crippen LogP contribution < -0.4 is 16.3 Å². The largest absolute Gasteiger partial charge is 0.368 e. The van der Waals surface area contributed by atoms with Gasteiger partial charge in [-0.25, -0.2) is 19.4 Å². The second-order valence-electron chi connectivity index (χ2n) is 5.50. The van der Waals surface area contributed by atoms with E-state index in [9.17, 15) is 9.59 Å². The van der Waals surface area contributed by atoms with Gasteiger partial charge in [0.05, 0.1) is 0 Å². The van der Waals surface area contributed by atoms with Crippen molar-refractivity contribution in [2.24, 2.45) is 7.05 Å². The molecule has 2 rings (SSSR count). The van der Waals surface area contributed by atoms with Gasteiger partial charge in [-0.15, -0.1) is 5.10 Å². The van der Waals surface area contributed by atoms with Crippen molar-refractivity contribution in [3.05, 3.63) is 33.9 Å². The van der Waals surface area contributed by atoms with Crippen molar-refractivity contribution in [3.8, 4) is 0 Å². The number of amides is 1. The summed E-state index contributed by atoms with van der Waals surface area (Å²) in [5.74, 6) is 1.16. The van der Waals surface area contributed by atoms with Gasteiger partial charge in [0.15, 0.2) is 0 Å². The van der Waals surface area contributed by atoms with Gasteiger partial charge in [0.25, 0.3) is 5.91 Å². The summed E-state index contributed by atoms with van der Waals surface area (Å²) in [5.41, 5.74) is 0.489. The summed E-state index contributed by atoms with van der Waals surface area (Å²) in [7, 11) is 1.48. The normalized spacial score (nSPS) is 10.6. The van der Waals surface area contributed by atoms with Gasteiger partial charge in [-0.3, -0.25) is 9.78 Å². The molecule has 9 nitrogen and oxygen atoms in total. The number of aryl methyl sites for hydroxylation is 3. The van der Waals surface area contributed by atoms with Crippen LogP contribution in [0.1, 0.15) is 41.9 Å². The van der Waals surface area contributed by atoms with Crippen LogP contribution in [-0.4, -0.2) is 43.7 Å². The molecule has 0 unspecified atom stereocenters. The van der Waals surface area contributed by atoms with Gasteiger partial charge in [0, 0.05) is 38.3 Å². The molecular formula is C15H23N7O2. The van der Waals surface area contributed by atoms with E-state index in [1.54, 1.807) is 0 Å². The van der Waals surface area contributed by atoms with Gasteiger partial charge in [-0.05, 0) is 13.3 Å². The van der Waals surface area contributed by atoms with Crippen LogP contribution >= 0.6 is 0 Å². The molecule has 24 heavy (non-hydrogen) atoms. The molecule has 3 N–H and O–H groups in total. The SMILES string of the molecule is CCCCc1nc(C)cc(NCCNC(=O)c2nn(C)c(=O)[nH]2)n1. The van der Waals surface area contributed by atoms with E-state index in [4.69, 9.17) is 0 Å². The van der Waals surface area contributed by atoms with E-state index in [-0.39, 0.29) is 5.82 Å². The predicted molar refractivity (Wildman–Crippen MR) is 90.0 cm³/mol. The number of hydrogen-bond acceptors (Lipinski definition) is 6. The lowest BCUT2D eigenvalue weighted by Gasteiger charge is -2.09. The Morgan fingerprint density at radius 2 is 2.12 bits per heavy atom. The number of nitrogens with one attached hydrogen (secondary N) is 3. The molecule has 2 heterocycles. The fourth-order valence-electron chi connectivity index (χ4n) is 2.12. The minimum absolute atomic E-state index is 0.00207. The van der Waals surface area contributed by atoms with Crippen molar-refractivity contribution >= 4 is 11.7 Å². The lowest BCUT2D eigenvalue weighted by Crippen LogP contribution is -2.30. The van der Waals surface area contributed by atoms with Crippen molar-refractivity contribution in [3.63, 3.8) is 0 Å². The minimum Gasteiger partial charge on any atom is -0.368 e. The molecule has 0 atom stereocenters. The van der Waals surface area contributed by atoms with E-state index in [0.717, 1.165) is 41.3 Å². The fraction of sp³-hybridized carbons (Fsp3) is 0.533. The van der Waals surface area contributed by atoms with Gasteiger partial charge < -0.3 is 10.6 Å². The number of anilines is 1. The molecule has 1 amide bonds. The zero-order valence-corrected chi connectivity index (χ0v) is 14.2. The molecule has 2 aromatic rings. The third-order valence-electron chi connectivity index (χ3n) is 3.36. The van der Waals surface area contributed by atoms with Gasteiger partial charge in [0.1, 0.15) is 11.6 Å². The van der Waals surface area contributed by atoms with Crippen LogP contribution in [0.25, 0.3) is 0 Å². The number of nitrogens with zero attached hydrogens (tertiary/aromatic N) is 4. The Morgan fingerprint density at radius 1 is 1.33 bits per heavy atom. The predicted octanol–water partition coefficient (Wildman–Crippen LogP) is 0.391. The first kappa shape index (κ1) is 17.6. The molecule has 130 valence electrons. The zero-order valence-electron chi connectivity index (χ0n) is 14.2. The third-order valence-corrected chi connectivity index (χ3v) is 3.36. The summed E-state index contributed by atoms with van der Waals surface area (Å²) < 4.78 is 1.08. The number of H-pyrrole nitrogens is 1. The average Bonchev–Trinajstić information content (AvgIpc) is 2.88. The van der Waals surface area contributed by atoms with Gasteiger partial charge >= 0.3 is 5.69 Å². The maximum absolute atomic E-state index is 11.8. The number of hydrogen-bond donors (Lipinski definition) is 3. The summed E-state index contributed by atoms with van der Waals surface area (Å²) in [6.07, 6.45) is 3.01. The Hall–Kier alpha value is -2.71. The summed E-state index contributed by atoms with van der Waals surface area (Å²) in [6.45, 7) is 4.95. The van der Waals surface area contributed by atoms with Crippen molar-refractivity contribution in [2.45, 2.75) is 33.1 Å². The van der Waals surface area contributed by atoms with Crippen LogP contribution in [0.3, 0.4) is 0 Å². The second-order valence-corrected chi connectivity index (χ2v) is 5.50. The molecule has 0 aliphatic rings. The monoisotopic (exact) mass is 333 g/mol. The second kappa shape index (κ2) is 8.23. The van der Waals surface area contributed by atoms with E-state index >= 15 is 0 Å². The van der Waals surface area contributed by atoms with E-state index in [1.807, 2.05) is 13.0 Å². The third kappa shape index (κ3) is 4.90. The van der Waals surface area contributed by atoms with Crippen LogP contribution in [0.2, 0.25) is 0 Å². The Kier molecular flexibility index (Phi) is 6.05. The number of aromatic nitrogens is 5. The lowest BCUT2D eigenvalue weighted by atomic mass is 10.2. The number of unbranched alkanes of at least 4 members (excludes halogenated alkanes) is 1. The quantitative estimate of drug-likeness (QED) is 0.602. The van der Waals surface area contributed by atoms with Crippen LogP contribution in [0.4, 0.5) is 5.82 Å². The van der Waals surface area contributed by atoms with E-state index in [0.29, 0.717) is 13.1 Å². The summed E-state index contributed by atoms with van der Waals surface area (Å²) in [5, 5.41) is 9.64. The van der Waals surface area contributed by atoms with Crippen molar-refractivity contribution < 1.29 is 4.79 Å². The first-order chi connectivity index (χ1) is 11.5. The Balaban J connectivity index is 1.82. The standard InChI is InChI=1S/C15H23N7O2/c1-4-5-6-11-18-10(2)9-12(19-11)16-7-8-17-14(23)13-20-15(24)22(3)21-13/h9H,4-8H2,1-3H3,(H,17,23)(H,16,18,19)(H,20,21,24). The number of rotatable bonds is 8. The molecule has 0 saturated carbocycles. The van der Waals surface area contributed by atoms with Crippen LogP contribution in [-0.2, 0) is 13.5 Å². The molecule has 0 spiro atoms. The van der Waals surface area contributed by atoms with E-state index in [1.165, 1.54) is 7.05 Å². The summed E-state index contributed by atoms with van der Waals surface area (Å²) in [4.78, 5) is 34.3. The van der Waals surface area contributed by atoms with Gasteiger partial charge in [-0.1, -0.05) is 13.3 Å². The molecule has 0 aromatic carbocycles. The molecule has 0 aliphatic carbocycles. The molecular weight excluding hydrogens is 310 g/mol. The van der Waals surface area contributed by atoms with Crippen molar-refractivity contribution in [1.82, 2.24) is 30.0 Å². The van der Waals surface area contributed by atoms with E-state index in [2.05, 4.69) is 37.6 Å². The van der Waals surface area contributed by atoms with E-state index < -0.39 is 11.6 Å². The Labute approximate surface area is 139 Å². The number of carbonyl (C=O) groups is 1. The van der Waals surface area contributed by atoms with Crippen LogP contribution in [0, 0.1) is 6.92 Å². The highest BCUT2D eigenvalue weighted by atomic mass is 16.2. The van der Waals surface area contributed by atoms with Crippen LogP contribution in [0.15, 0.2) is 10.9 Å².